The molecule has 1 N–H and O–H groups in total. The van der Waals surface area contributed by atoms with Crippen LogP contribution < -0.4 is 5.32 Å². The first-order chi connectivity index (χ1) is 24.7. The fraction of sp³-hybridized carbons (Fsp3) is 0.614. The molecule has 1 aromatic carbocycles. The second-order valence-corrected chi connectivity index (χ2v) is 16.4. The molecule has 0 saturated carbocycles. The molecule has 0 aromatic heterocycles. The van der Waals surface area contributed by atoms with E-state index in [1.54, 1.807) is 13.8 Å². The Labute approximate surface area is 312 Å². The summed E-state index contributed by atoms with van der Waals surface area (Å²) >= 11 is 0. The first-order valence-corrected chi connectivity index (χ1v) is 19.8. The summed E-state index contributed by atoms with van der Waals surface area (Å²) in [5.41, 5.74) is 2.75. The molecule has 4 rings (SSSR count). The van der Waals surface area contributed by atoms with Crippen LogP contribution in [0.2, 0.25) is 0 Å². The summed E-state index contributed by atoms with van der Waals surface area (Å²) < 4.78 is 0. The quantitative estimate of drug-likeness (QED) is 0.137. The molecule has 2 aliphatic heterocycles. The number of amides is 2. The third kappa shape index (κ3) is 11.7. The molecule has 0 radical (unpaired) electrons. The van der Waals surface area contributed by atoms with Gasteiger partial charge in [0.2, 0.25) is 11.8 Å². The van der Waals surface area contributed by atoms with Gasteiger partial charge in [-0.15, -0.1) is 0 Å². The average molecular weight is 714 g/mol. The Hall–Kier alpha value is -3.65. The SMILES string of the molecule is CC1=C(C)C(=O)C(CCN2CCC(C[C@H](CC(=O)[C@@H]3CCCN3C(=O)[C@H](/C=C/[C@@H](C)CC(C)C)Cc3ccccc3)C(=O)NC(C)C)CC2)=CC1=O. The minimum absolute atomic E-state index is 0.000345. The van der Waals surface area contributed by atoms with Crippen molar-refractivity contribution in [2.75, 3.05) is 26.2 Å². The topological polar surface area (TPSA) is 104 Å². The van der Waals surface area contributed by atoms with E-state index in [0.717, 1.165) is 44.3 Å². The van der Waals surface area contributed by atoms with E-state index in [4.69, 9.17) is 0 Å². The first kappa shape index (κ1) is 41.1. The second-order valence-electron chi connectivity index (χ2n) is 16.4. The van der Waals surface area contributed by atoms with E-state index in [2.05, 4.69) is 55.3 Å². The average Bonchev–Trinajstić information content (AvgIpc) is 3.60. The van der Waals surface area contributed by atoms with E-state index < -0.39 is 12.0 Å². The number of nitrogens with zero attached hydrogens (tertiary/aromatic N) is 2. The summed E-state index contributed by atoms with van der Waals surface area (Å²) in [7, 11) is 0. The lowest BCUT2D eigenvalue weighted by Gasteiger charge is -2.34. The van der Waals surface area contributed by atoms with Crippen LogP contribution in [-0.2, 0) is 30.4 Å². The minimum atomic E-state index is -0.505. The Morgan fingerprint density at radius 1 is 0.904 bits per heavy atom. The number of Topliss-reactive ketones (excluding diaryl/α,β-unsaturated/α-hetero) is 2. The van der Waals surface area contributed by atoms with Crippen LogP contribution in [0.1, 0.15) is 105 Å². The molecular formula is C44H63N3O5. The maximum absolute atomic E-state index is 14.2. The van der Waals surface area contributed by atoms with Crippen molar-refractivity contribution in [2.24, 2.45) is 29.6 Å². The van der Waals surface area contributed by atoms with E-state index in [1.807, 2.05) is 36.9 Å². The molecule has 0 unspecified atom stereocenters. The number of hydrogen-bond acceptors (Lipinski definition) is 6. The Morgan fingerprint density at radius 3 is 2.25 bits per heavy atom. The highest BCUT2D eigenvalue weighted by molar-refractivity contribution is 6.22. The van der Waals surface area contributed by atoms with Crippen LogP contribution in [0.3, 0.4) is 0 Å². The summed E-state index contributed by atoms with van der Waals surface area (Å²) in [4.78, 5) is 71.0. The highest BCUT2D eigenvalue weighted by Crippen LogP contribution is 2.31. The molecule has 2 heterocycles. The van der Waals surface area contributed by atoms with E-state index in [0.29, 0.717) is 73.2 Å². The van der Waals surface area contributed by atoms with Gasteiger partial charge in [-0.05, 0) is 122 Å². The molecule has 1 aromatic rings. The molecule has 4 atom stereocenters. The molecule has 284 valence electrons. The van der Waals surface area contributed by atoms with Crippen molar-refractivity contribution in [1.82, 2.24) is 15.1 Å². The molecule has 8 heteroatoms. The highest BCUT2D eigenvalue weighted by Gasteiger charge is 2.38. The first-order valence-electron chi connectivity index (χ1n) is 19.8. The number of carbonyl (C=O) groups excluding carboxylic acids is 5. The number of likely N-dealkylation sites (tertiary alicyclic amines) is 2. The van der Waals surface area contributed by atoms with Crippen LogP contribution >= 0.6 is 0 Å². The van der Waals surface area contributed by atoms with Gasteiger partial charge in [-0.25, -0.2) is 0 Å². The van der Waals surface area contributed by atoms with Gasteiger partial charge in [-0.3, -0.25) is 24.0 Å². The van der Waals surface area contributed by atoms with E-state index in [9.17, 15) is 24.0 Å². The zero-order valence-corrected chi connectivity index (χ0v) is 32.8. The molecule has 1 aliphatic carbocycles. The van der Waals surface area contributed by atoms with Gasteiger partial charge >= 0.3 is 0 Å². The van der Waals surface area contributed by atoms with Gasteiger partial charge in [0.05, 0.1) is 12.0 Å². The van der Waals surface area contributed by atoms with Gasteiger partial charge in [0.25, 0.3) is 0 Å². The minimum Gasteiger partial charge on any atom is -0.354 e. The van der Waals surface area contributed by atoms with Crippen LogP contribution in [0.25, 0.3) is 0 Å². The smallest absolute Gasteiger partial charge is 0.230 e. The normalized spacial score (nSPS) is 20.9. The summed E-state index contributed by atoms with van der Waals surface area (Å²) in [6.07, 6.45) is 11.9. The van der Waals surface area contributed by atoms with Gasteiger partial charge in [0, 0.05) is 48.2 Å². The maximum atomic E-state index is 14.2. The fourth-order valence-corrected chi connectivity index (χ4v) is 8.13. The standard InChI is InChI=1S/C44H63N3O5/c1-29(2)24-31(5)15-16-37(25-34-12-9-8-10-13-34)44(52)47-20-11-14-39(47)41(49)28-38(43(51)45-30(3)4)26-35-17-21-46(22-18-35)23-19-36-27-40(48)32(6)33(7)42(36)50/h8-10,12-13,15-16,27,29-31,35,37-39H,11,14,17-26,28H2,1-7H3,(H,45,51)/b16-15+/t31-,37-,38-,39+/m1/s1. The molecule has 2 saturated heterocycles. The summed E-state index contributed by atoms with van der Waals surface area (Å²) in [6.45, 7) is 16.9. The van der Waals surface area contributed by atoms with Crippen molar-refractivity contribution in [3.05, 3.63) is 70.8 Å². The van der Waals surface area contributed by atoms with Crippen molar-refractivity contribution in [3.8, 4) is 0 Å². The van der Waals surface area contributed by atoms with Gasteiger partial charge < -0.3 is 15.1 Å². The summed E-state index contributed by atoms with van der Waals surface area (Å²) in [6, 6.07) is 9.54. The number of hydrogen-bond donors (Lipinski definition) is 1. The number of piperidine rings is 1. The summed E-state index contributed by atoms with van der Waals surface area (Å²) in [5, 5.41) is 3.07. The van der Waals surface area contributed by atoms with E-state index in [1.165, 1.54) is 6.08 Å². The fourth-order valence-electron chi connectivity index (χ4n) is 8.13. The van der Waals surface area contributed by atoms with E-state index in [-0.39, 0.29) is 47.5 Å². The largest absolute Gasteiger partial charge is 0.354 e. The highest BCUT2D eigenvalue weighted by atomic mass is 16.2. The molecule has 2 amide bonds. The predicted molar refractivity (Wildman–Crippen MR) is 207 cm³/mol. The molecule has 52 heavy (non-hydrogen) atoms. The number of allylic oxidation sites excluding steroid dienone is 4. The number of carbonyl (C=O) groups is 5. The third-order valence-electron chi connectivity index (χ3n) is 11.2. The zero-order valence-electron chi connectivity index (χ0n) is 32.8. The van der Waals surface area contributed by atoms with Gasteiger partial charge in [-0.1, -0.05) is 63.3 Å². The maximum Gasteiger partial charge on any atom is 0.230 e. The van der Waals surface area contributed by atoms with Gasteiger partial charge in [0.15, 0.2) is 17.3 Å². The number of nitrogens with one attached hydrogen (secondary N) is 1. The van der Waals surface area contributed by atoms with Gasteiger partial charge in [-0.2, -0.15) is 0 Å². The number of ketones is 3. The Bertz CT molecular complexity index is 1510. The van der Waals surface area contributed by atoms with Crippen molar-refractivity contribution in [1.29, 1.82) is 0 Å². The molecular weight excluding hydrogens is 651 g/mol. The van der Waals surface area contributed by atoms with Crippen LogP contribution in [0.15, 0.2) is 65.3 Å². The molecule has 0 bridgehead atoms. The van der Waals surface area contributed by atoms with Crippen molar-refractivity contribution in [2.45, 2.75) is 118 Å². The van der Waals surface area contributed by atoms with Crippen LogP contribution in [-0.4, -0.2) is 77.2 Å². The van der Waals surface area contributed by atoms with Crippen molar-refractivity contribution >= 4 is 29.2 Å². The van der Waals surface area contributed by atoms with Crippen molar-refractivity contribution < 1.29 is 24.0 Å². The third-order valence-corrected chi connectivity index (χ3v) is 11.2. The zero-order chi connectivity index (χ0) is 37.9. The molecule has 8 nitrogen and oxygen atoms in total. The van der Waals surface area contributed by atoms with Crippen LogP contribution in [0.4, 0.5) is 0 Å². The van der Waals surface area contributed by atoms with Crippen molar-refractivity contribution in [3.63, 3.8) is 0 Å². The second kappa shape index (κ2) is 19.4. The predicted octanol–water partition coefficient (Wildman–Crippen LogP) is 7.08. The summed E-state index contributed by atoms with van der Waals surface area (Å²) in [5.74, 6) is 0.204. The number of rotatable bonds is 17. The Kier molecular flexibility index (Phi) is 15.4. The van der Waals surface area contributed by atoms with Crippen LogP contribution in [0, 0.1) is 29.6 Å². The number of benzene rings is 1. The monoisotopic (exact) mass is 713 g/mol. The lowest BCUT2D eigenvalue weighted by Crippen LogP contribution is -2.45. The Balaban J connectivity index is 1.39. The van der Waals surface area contributed by atoms with E-state index >= 15 is 0 Å². The van der Waals surface area contributed by atoms with Gasteiger partial charge in [0.1, 0.15) is 0 Å². The Morgan fingerprint density at radius 2 is 1.60 bits per heavy atom. The molecule has 3 aliphatic rings. The van der Waals surface area contributed by atoms with Crippen LogP contribution in [0.5, 0.6) is 0 Å². The molecule has 0 spiro atoms. The lowest BCUT2D eigenvalue weighted by atomic mass is 9.83. The lowest BCUT2D eigenvalue weighted by molar-refractivity contribution is -0.140. The molecule has 2 fully saturated rings.